The molecule has 9 atom stereocenters. The Morgan fingerprint density at radius 2 is 0.487 bits per heavy atom. The molecule has 1 aliphatic carbocycles. The number of unbranched alkanes of at least 4 members (excludes halogenated alkanes) is 9. The van der Waals surface area contributed by atoms with Gasteiger partial charge in [0.25, 0.3) is 0 Å². The van der Waals surface area contributed by atoms with Crippen molar-refractivity contribution in [3.05, 3.63) is 42.7 Å². The van der Waals surface area contributed by atoms with E-state index in [0.717, 1.165) is 77.0 Å². The predicted octanol–water partition coefficient (Wildman–Crippen LogP) is 0.0902. The number of rotatable bonds is 48. The Hall–Kier alpha value is -3.96. The Morgan fingerprint density at radius 1 is 0.282 bits per heavy atom. The van der Waals surface area contributed by atoms with E-state index < -0.39 is 73.2 Å². The van der Waals surface area contributed by atoms with Gasteiger partial charge in [0.05, 0.1) is 76.3 Å². The Morgan fingerprint density at radius 3 is 0.692 bits per heavy atom. The largest absolute Gasteiger partial charge is 0.553 e. The van der Waals surface area contributed by atoms with Crippen molar-refractivity contribution in [2.24, 2.45) is 0 Å². The van der Waals surface area contributed by atoms with Crippen molar-refractivity contribution in [1.29, 1.82) is 0 Å². The van der Waals surface area contributed by atoms with Crippen LogP contribution in [0, 0.1) is 42.7 Å². The average molecular weight is 1900 g/mol. The van der Waals surface area contributed by atoms with E-state index in [1.54, 1.807) is 0 Å². The second kappa shape index (κ2) is 63.9. The van der Waals surface area contributed by atoms with Crippen LogP contribution in [0.3, 0.4) is 0 Å². The van der Waals surface area contributed by atoms with Crippen molar-refractivity contribution in [1.82, 2.24) is 0 Å². The van der Waals surface area contributed by atoms with E-state index in [1.165, 1.54) is 0 Å². The molecular weight excluding hydrogens is 1800 g/mol. The molecule has 0 saturated heterocycles. The molecule has 9 unspecified atom stereocenters. The topological polar surface area (TPSA) is 354 Å². The van der Waals surface area contributed by atoms with Crippen molar-refractivity contribution in [2.75, 3.05) is 119 Å². The molecule has 24 nitrogen and oxygen atoms in total. The van der Waals surface area contributed by atoms with Crippen molar-refractivity contribution >= 4 is 0 Å². The molecule has 0 heterocycles. The van der Waals surface area contributed by atoms with Gasteiger partial charge in [-0.15, -0.1) is 0 Å². The molecule has 12 N–H and O–H groups in total. The second-order valence-corrected chi connectivity index (χ2v) is 17.8. The average Bonchev–Trinajstić information content (AvgIpc) is 3.39. The van der Waals surface area contributed by atoms with Gasteiger partial charge < -0.3 is 118 Å². The molecule has 0 aromatic heterocycles. The predicted molar refractivity (Wildman–Crippen MR) is 274 cm³/mol. The van der Waals surface area contributed by atoms with Gasteiger partial charge in [-0.1, -0.05) is 38.5 Å². The van der Waals surface area contributed by atoms with Crippen LogP contribution in [0.2, 0.25) is 0 Å². The molecule has 0 spiro atoms. The van der Waals surface area contributed by atoms with Crippen LogP contribution >= 0.6 is 0 Å². The maximum absolute atomic E-state index is 9.99. The van der Waals surface area contributed by atoms with Gasteiger partial charge in [-0.2, -0.15) is 0 Å². The Balaban J connectivity index is -0.000000242. The number of ether oxygens (including phenoxy) is 12. The molecule has 0 amide bonds. The van der Waals surface area contributed by atoms with E-state index >= 15 is 0 Å². The van der Waals surface area contributed by atoms with Crippen LogP contribution in [0.4, 0.5) is 0 Å². The number of aliphatic hydroxyl groups is 12. The van der Waals surface area contributed by atoms with E-state index in [2.05, 4.69) is 71.1 Å². The van der Waals surface area contributed by atoms with Gasteiger partial charge in [0, 0.05) is 79.3 Å². The summed E-state index contributed by atoms with van der Waals surface area (Å²) < 4.78 is 60.0. The zero-order valence-electron chi connectivity index (χ0n) is 46.9. The van der Waals surface area contributed by atoms with Gasteiger partial charge >= 0.3 is 0 Å². The fourth-order valence-corrected chi connectivity index (χ4v) is 6.53. The fourth-order valence-electron chi connectivity index (χ4n) is 6.53. The Labute approximate surface area is 448 Å². The van der Waals surface area contributed by atoms with Gasteiger partial charge in [0.1, 0.15) is 36.6 Å². The monoisotopic (exact) mass is 1900 g/mol. The molecule has 0 aromatic carbocycles. The molecular formula is C51H102O24Rf3-6. The summed E-state index contributed by atoms with van der Waals surface area (Å²) in [6, 6.07) is 0. The van der Waals surface area contributed by atoms with E-state index in [1.807, 2.05) is 0 Å². The van der Waals surface area contributed by atoms with Crippen LogP contribution in [0.5, 0.6) is 0 Å². The minimum atomic E-state index is -1.19. The molecule has 78 heavy (non-hydrogen) atoms. The zero-order chi connectivity index (χ0) is 56.7. The number of hydrogen-bond acceptors (Lipinski definition) is 24. The molecule has 1 saturated carbocycles. The third-order valence-corrected chi connectivity index (χ3v) is 10.7. The van der Waals surface area contributed by atoms with Gasteiger partial charge in [0.15, 0.2) is 0 Å². The first-order chi connectivity index (χ1) is 36.1. The smallest absolute Gasteiger partial charge is 0.105 e. The Bertz CT molecular complexity index is 979. The van der Waals surface area contributed by atoms with Crippen LogP contribution in [0.25, 0.3) is 0 Å². The minimum Gasteiger partial charge on any atom is -0.553 e. The summed E-state index contributed by atoms with van der Waals surface area (Å²) >= 11 is 0. The summed E-state index contributed by atoms with van der Waals surface area (Å²) in [5.74, 6) is 0. The van der Waals surface area contributed by atoms with E-state index in [4.69, 9.17) is 59.1 Å². The quantitative estimate of drug-likeness (QED) is 0.0284. The molecule has 0 bridgehead atoms. The van der Waals surface area contributed by atoms with E-state index in [0.29, 0.717) is 58.9 Å². The summed E-state index contributed by atoms with van der Waals surface area (Å²) in [5.41, 5.74) is 0. The molecule has 1 aliphatic rings. The molecule has 0 aliphatic heterocycles. The summed E-state index contributed by atoms with van der Waals surface area (Å²) in [6.07, 6.45) is 2.91. The molecule has 462 valence electrons. The fraction of sp³-hybridized carbons (Fsp3) is 0.882. The molecule has 0 aromatic rings. The molecule has 27 heteroatoms. The summed E-state index contributed by atoms with van der Waals surface area (Å²) in [6.45, 7) is 3.33. The standard InChI is InChI=1S/C21H39O12.3C10H21O4.3Rf/c1-28-7-16(22)19(25)10-31-13-4-14(32-11-20(26)17(23)8-29-2)6-15(5-13)33-12-21(27)18(24)9-30-3;3*1-13-8-10(12)9-14-7-5-3-2-4-6-11;;;/h13-27H,1-12H2;3*10-12H,1-9H2;;;/q-3;3*-1;;;. The molecule has 1 rings (SSSR count). The maximum Gasteiger partial charge on any atom is 0.105 e. The van der Waals surface area contributed by atoms with Gasteiger partial charge in [-0.25, -0.2) is 42.7 Å². The van der Waals surface area contributed by atoms with Crippen LogP contribution in [-0.2, 0) is 56.8 Å². The van der Waals surface area contributed by atoms with Crippen molar-refractivity contribution in [3.8, 4) is 0 Å². The van der Waals surface area contributed by atoms with Gasteiger partial charge in [0.2, 0.25) is 0 Å². The first-order valence-electron chi connectivity index (χ1n) is 25.9. The minimum absolute atomic E-state index is 0. The number of hydrogen-bond donors (Lipinski definition) is 12. The third kappa shape index (κ3) is 56.7. The second-order valence-electron chi connectivity index (χ2n) is 17.8. The van der Waals surface area contributed by atoms with Crippen molar-refractivity contribution in [2.45, 2.75) is 170 Å². The SMILES string of the molecule is [CH2-]OCC(O)C(O)COC1CC(OCC(O)C(O)CO[CH2-])CC(OCC(O)C(O)CO[CH2-])C1.[CH2-]OCC(O)COCCCCCCO.[CH2-]OCC(O)COCCCCCCO.[CH2-]OCC(O)COCCCCCCO.[Rf].[Rf].[Rf]. The van der Waals surface area contributed by atoms with Crippen LogP contribution in [-0.4, -0.2) is 253 Å². The zero-order valence-corrected chi connectivity index (χ0v) is 66.1. The van der Waals surface area contributed by atoms with Gasteiger partial charge in [-0.3, -0.25) is 0 Å². The van der Waals surface area contributed by atoms with E-state index in [9.17, 15) is 30.6 Å². The molecule has 1 fully saturated rings. The normalized spacial score (nSPS) is 18.5. The van der Waals surface area contributed by atoms with Crippen LogP contribution in [0.1, 0.15) is 96.3 Å². The third-order valence-electron chi connectivity index (χ3n) is 10.7. The van der Waals surface area contributed by atoms with E-state index in [-0.39, 0.29) is 79.3 Å². The summed E-state index contributed by atoms with van der Waals surface area (Å²) in [4.78, 5) is 0. The first-order valence-corrected chi connectivity index (χ1v) is 25.9. The number of aliphatic hydroxyl groups excluding tert-OH is 12. The van der Waals surface area contributed by atoms with Crippen molar-refractivity contribution in [3.63, 3.8) is 0 Å². The van der Waals surface area contributed by atoms with Gasteiger partial charge in [-0.05, 0) is 57.8 Å². The maximum atomic E-state index is 9.99. The van der Waals surface area contributed by atoms with Crippen molar-refractivity contribution < 1.29 is 118 Å². The summed E-state index contributed by atoms with van der Waals surface area (Å²) in [5, 5.41) is 112. The molecule has 0 radical (unpaired) electrons. The van der Waals surface area contributed by atoms with Crippen LogP contribution in [0.15, 0.2) is 0 Å². The summed E-state index contributed by atoms with van der Waals surface area (Å²) in [7, 11) is 18.9. The first kappa shape index (κ1) is 85.3. The Kier molecular flexibility index (Phi) is 69.9. The van der Waals surface area contributed by atoms with Crippen LogP contribution < -0.4 is 0 Å².